The first-order valence-corrected chi connectivity index (χ1v) is 12.4. The molecule has 0 heterocycles. The van der Waals surface area contributed by atoms with Crippen molar-refractivity contribution >= 4 is 46.3 Å². The number of amides is 1. The summed E-state index contributed by atoms with van der Waals surface area (Å²) in [6.45, 7) is 0.164. The molecular weight excluding hydrogens is 494 g/mol. The van der Waals surface area contributed by atoms with Crippen molar-refractivity contribution in [2.45, 2.75) is 11.5 Å². The quantitative estimate of drug-likeness (QED) is 0.163. The molecule has 0 aliphatic heterocycles. The smallest absolute Gasteiger partial charge is 0.250 e. The predicted octanol–water partition coefficient (Wildman–Crippen LogP) is 6.19. The normalized spacial score (nSPS) is 10.8. The van der Waals surface area contributed by atoms with Gasteiger partial charge in [-0.25, -0.2) is 5.43 Å². The topological polar surface area (TPSA) is 83.7 Å². The Morgan fingerprint density at radius 1 is 1.11 bits per heavy atom. The molecule has 0 atom stereocenters. The summed E-state index contributed by atoms with van der Waals surface area (Å²) in [4.78, 5) is 13.4. The maximum Gasteiger partial charge on any atom is 0.250 e. The lowest BCUT2D eigenvalue weighted by Gasteiger charge is -2.14. The zero-order valence-electron chi connectivity index (χ0n) is 19.4. The Labute approximate surface area is 218 Å². The predicted molar refractivity (Wildman–Crippen MR) is 144 cm³/mol. The van der Waals surface area contributed by atoms with Gasteiger partial charge in [-0.2, -0.15) is 10.4 Å². The second kappa shape index (κ2) is 12.1. The summed E-state index contributed by atoms with van der Waals surface area (Å²) >= 11 is 7.89. The van der Waals surface area contributed by atoms with Gasteiger partial charge in [0.2, 0.25) is 5.91 Å². The number of fused-ring (bicyclic) bond motifs is 1. The summed E-state index contributed by atoms with van der Waals surface area (Å²) in [5.74, 6) is 0.779. The van der Waals surface area contributed by atoms with Crippen molar-refractivity contribution in [2.24, 2.45) is 5.10 Å². The lowest BCUT2D eigenvalue weighted by atomic mass is 10.1. The Morgan fingerprint density at radius 2 is 1.89 bits per heavy atom. The van der Waals surface area contributed by atoms with E-state index in [9.17, 15) is 10.1 Å². The van der Waals surface area contributed by atoms with Crippen LogP contribution in [0.3, 0.4) is 0 Å². The molecule has 0 saturated carbocycles. The first kappa shape index (κ1) is 25.1. The fourth-order valence-electron chi connectivity index (χ4n) is 3.54. The molecule has 4 rings (SSSR count). The maximum absolute atomic E-state index is 12.3. The molecular formula is C28H22ClN3O3S. The molecule has 0 bridgehead atoms. The number of methoxy groups -OCH3 is 1. The van der Waals surface area contributed by atoms with Gasteiger partial charge in [0, 0.05) is 10.5 Å². The Kier molecular flexibility index (Phi) is 8.45. The van der Waals surface area contributed by atoms with Gasteiger partial charge in [0.15, 0.2) is 11.5 Å². The van der Waals surface area contributed by atoms with Crippen LogP contribution in [0.5, 0.6) is 11.5 Å². The van der Waals surface area contributed by atoms with Crippen LogP contribution >= 0.6 is 23.4 Å². The largest absolute Gasteiger partial charge is 0.493 e. The number of hydrogen-bond acceptors (Lipinski definition) is 6. The number of thioether (sulfide) groups is 1. The number of nitriles is 1. The van der Waals surface area contributed by atoms with Crippen molar-refractivity contribution in [1.82, 2.24) is 5.43 Å². The molecule has 4 aromatic rings. The highest BCUT2D eigenvalue weighted by molar-refractivity contribution is 8.00. The second-order valence-electron chi connectivity index (χ2n) is 7.65. The van der Waals surface area contributed by atoms with E-state index in [1.807, 2.05) is 54.6 Å². The molecule has 8 heteroatoms. The Bertz CT molecular complexity index is 1460. The van der Waals surface area contributed by atoms with E-state index in [2.05, 4.69) is 16.6 Å². The minimum Gasteiger partial charge on any atom is -0.493 e. The molecule has 0 unspecified atom stereocenters. The number of hydrazone groups is 1. The second-order valence-corrected chi connectivity index (χ2v) is 9.08. The van der Waals surface area contributed by atoms with Crippen LogP contribution in [0.2, 0.25) is 5.02 Å². The van der Waals surface area contributed by atoms with Gasteiger partial charge in [0.25, 0.3) is 0 Å². The SMILES string of the molecule is COc1cc(C=NNC(=O)CSc2cccc3ccccc23)cc(Cl)c1OCc1ccccc1C#N. The van der Waals surface area contributed by atoms with Gasteiger partial charge in [-0.1, -0.05) is 66.2 Å². The van der Waals surface area contributed by atoms with E-state index in [-0.39, 0.29) is 18.3 Å². The molecule has 36 heavy (non-hydrogen) atoms. The summed E-state index contributed by atoms with van der Waals surface area (Å²) in [5.41, 5.74) is 4.45. The van der Waals surface area contributed by atoms with E-state index >= 15 is 0 Å². The van der Waals surface area contributed by atoms with Gasteiger partial charge in [-0.15, -0.1) is 11.8 Å². The van der Waals surface area contributed by atoms with E-state index in [4.69, 9.17) is 21.1 Å². The number of hydrogen-bond donors (Lipinski definition) is 1. The van der Waals surface area contributed by atoms with Gasteiger partial charge in [0.05, 0.1) is 35.7 Å². The van der Waals surface area contributed by atoms with E-state index in [1.165, 1.54) is 25.1 Å². The number of nitrogens with one attached hydrogen (secondary N) is 1. The number of carbonyl (C=O) groups excluding carboxylic acids is 1. The van der Waals surface area contributed by atoms with E-state index < -0.39 is 0 Å². The van der Waals surface area contributed by atoms with E-state index in [0.29, 0.717) is 27.6 Å². The zero-order valence-corrected chi connectivity index (χ0v) is 21.0. The van der Waals surface area contributed by atoms with Crippen molar-refractivity contribution in [3.63, 3.8) is 0 Å². The summed E-state index contributed by atoms with van der Waals surface area (Å²) in [6, 6.07) is 26.8. The molecule has 180 valence electrons. The van der Waals surface area contributed by atoms with Crippen molar-refractivity contribution < 1.29 is 14.3 Å². The van der Waals surface area contributed by atoms with Gasteiger partial charge >= 0.3 is 0 Å². The average molecular weight is 516 g/mol. The fraction of sp³-hybridized carbons (Fsp3) is 0.107. The number of nitrogens with zero attached hydrogens (tertiary/aromatic N) is 2. The van der Waals surface area contributed by atoms with Crippen LogP contribution in [-0.2, 0) is 11.4 Å². The molecule has 0 fully saturated rings. The van der Waals surface area contributed by atoms with Crippen LogP contribution < -0.4 is 14.9 Å². The maximum atomic E-state index is 12.3. The van der Waals surface area contributed by atoms with E-state index in [1.54, 1.807) is 24.3 Å². The minimum absolute atomic E-state index is 0.164. The summed E-state index contributed by atoms with van der Waals surface area (Å²) in [5, 5.41) is 15.9. The van der Waals surface area contributed by atoms with Crippen LogP contribution in [0, 0.1) is 11.3 Å². The lowest BCUT2D eigenvalue weighted by Crippen LogP contribution is -2.19. The Morgan fingerprint density at radius 3 is 2.72 bits per heavy atom. The van der Waals surface area contributed by atoms with Crippen LogP contribution in [0.25, 0.3) is 10.8 Å². The Balaban J connectivity index is 1.37. The van der Waals surface area contributed by atoms with Gasteiger partial charge in [0.1, 0.15) is 6.61 Å². The average Bonchev–Trinajstić information content (AvgIpc) is 2.91. The third-order valence-corrected chi connectivity index (χ3v) is 6.63. The molecule has 0 saturated heterocycles. The fourth-order valence-corrected chi connectivity index (χ4v) is 4.68. The van der Waals surface area contributed by atoms with Crippen LogP contribution in [0.15, 0.2) is 88.9 Å². The van der Waals surface area contributed by atoms with Gasteiger partial charge < -0.3 is 9.47 Å². The lowest BCUT2D eigenvalue weighted by molar-refractivity contribution is -0.118. The molecule has 6 nitrogen and oxygen atoms in total. The van der Waals surface area contributed by atoms with Crippen LogP contribution in [0.4, 0.5) is 0 Å². The van der Waals surface area contributed by atoms with Crippen molar-refractivity contribution in [3.8, 4) is 17.6 Å². The standard InChI is InChI=1S/C28H22ClN3O3S/c1-34-25-14-19(13-24(29)28(25)35-17-22-9-3-2-8-21(22)15-30)16-31-32-27(33)18-36-26-12-6-10-20-7-4-5-11-23(20)26/h2-14,16H,17-18H2,1H3,(H,32,33). The molecule has 0 aliphatic rings. The first-order valence-electron chi connectivity index (χ1n) is 11.0. The highest BCUT2D eigenvalue weighted by atomic mass is 35.5. The first-order chi connectivity index (χ1) is 17.6. The van der Waals surface area contributed by atoms with Crippen LogP contribution in [0.1, 0.15) is 16.7 Å². The van der Waals surface area contributed by atoms with Crippen molar-refractivity contribution in [1.29, 1.82) is 5.26 Å². The highest BCUT2D eigenvalue weighted by Crippen LogP contribution is 2.36. The minimum atomic E-state index is -0.224. The van der Waals surface area contributed by atoms with Gasteiger partial charge in [-0.3, -0.25) is 4.79 Å². The molecule has 0 aliphatic carbocycles. The number of carbonyl (C=O) groups is 1. The number of rotatable bonds is 9. The zero-order chi connectivity index (χ0) is 25.3. The van der Waals surface area contributed by atoms with Crippen LogP contribution in [-0.4, -0.2) is 25.0 Å². The molecule has 4 aromatic carbocycles. The number of halogens is 1. The number of ether oxygens (including phenoxy) is 2. The number of benzene rings is 4. The summed E-state index contributed by atoms with van der Waals surface area (Å²) in [7, 11) is 1.51. The molecule has 0 spiro atoms. The molecule has 1 N–H and O–H groups in total. The third-order valence-electron chi connectivity index (χ3n) is 5.27. The summed E-state index contributed by atoms with van der Waals surface area (Å²) in [6.07, 6.45) is 1.49. The highest BCUT2D eigenvalue weighted by Gasteiger charge is 2.13. The van der Waals surface area contributed by atoms with Crippen molar-refractivity contribution in [2.75, 3.05) is 12.9 Å². The third kappa shape index (κ3) is 6.16. The molecule has 0 aromatic heterocycles. The monoisotopic (exact) mass is 515 g/mol. The Hall–Kier alpha value is -3.99. The van der Waals surface area contributed by atoms with Crippen molar-refractivity contribution in [3.05, 3.63) is 101 Å². The molecule has 0 radical (unpaired) electrons. The van der Waals surface area contributed by atoms with E-state index in [0.717, 1.165) is 21.2 Å². The molecule has 1 amide bonds. The van der Waals surface area contributed by atoms with Gasteiger partial charge in [-0.05, 0) is 40.6 Å². The summed E-state index contributed by atoms with van der Waals surface area (Å²) < 4.78 is 11.3.